The van der Waals surface area contributed by atoms with Gasteiger partial charge in [-0.05, 0) is 30.9 Å². The Kier molecular flexibility index (Phi) is 3.69. The Labute approximate surface area is 80.3 Å². The molecule has 72 valence electrons. The molecule has 0 unspecified atom stereocenters. The molecule has 1 aromatic rings. The van der Waals surface area contributed by atoms with Gasteiger partial charge >= 0.3 is 0 Å². The van der Waals surface area contributed by atoms with Gasteiger partial charge in [-0.25, -0.2) is 8.78 Å². The molecule has 1 rings (SSSR count). The van der Waals surface area contributed by atoms with Crippen LogP contribution in [0.4, 0.5) is 8.78 Å². The van der Waals surface area contributed by atoms with Crippen LogP contribution in [0.1, 0.15) is 5.56 Å². The lowest BCUT2D eigenvalue weighted by atomic mass is 10.1. The topological polar surface area (TPSA) is 26.0 Å². The fraction of sp³-hybridized carbons (Fsp3) is 0.333. The molecular formula is C9H11F2NS. The van der Waals surface area contributed by atoms with E-state index in [4.69, 9.17) is 5.73 Å². The lowest BCUT2D eigenvalue weighted by Crippen LogP contribution is -2.05. The number of thioether (sulfide) groups is 1. The predicted molar refractivity (Wildman–Crippen MR) is 50.9 cm³/mol. The van der Waals surface area contributed by atoms with Crippen LogP contribution in [0, 0.1) is 11.6 Å². The first-order valence-corrected chi connectivity index (χ1v) is 5.14. The number of halogens is 2. The molecule has 2 N–H and O–H groups in total. The molecule has 0 aliphatic heterocycles. The highest BCUT2D eigenvalue weighted by molar-refractivity contribution is 7.98. The average Bonchev–Trinajstić information content (AvgIpc) is 2.11. The molecule has 0 aliphatic carbocycles. The van der Waals surface area contributed by atoms with Crippen LogP contribution in [0.25, 0.3) is 0 Å². The number of nitrogens with two attached hydrogens (primary N) is 1. The van der Waals surface area contributed by atoms with Crippen LogP contribution in [0.3, 0.4) is 0 Å². The van der Waals surface area contributed by atoms with Crippen LogP contribution in [0.2, 0.25) is 0 Å². The summed E-state index contributed by atoms with van der Waals surface area (Å²) in [6, 6.07) is 2.72. The molecule has 0 saturated carbocycles. The van der Waals surface area contributed by atoms with E-state index in [0.29, 0.717) is 18.5 Å². The van der Waals surface area contributed by atoms with Crippen LogP contribution < -0.4 is 5.73 Å². The molecule has 0 radical (unpaired) electrons. The minimum Gasteiger partial charge on any atom is -0.330 e. The summed E-state index contributed by atoms with van der Waals surface area (Å²) in [5.41, 5.74) is 5.77. The monoisotopic (exact) mass is 203 g/mol. The van der Waals surface area contributed by atoms with E-state index in [1.165, 1.54) is 12.1 Å². The van der Waals surface area contributed by atoms with Gasteiger partial charge in [0, 0.05) is 0 Å². The lowest BCUT2D eigenvalue weighted by molar-refractivity contribution is 0.530. The fourth-order valence-corrected chi connectivity index (χ4v) is 1.68. The van der Waals surface area contributed by atoms with Gasteiger partial charge in [0.2, 0.25) is 0 Å². The first-order valence-electron chi connectivity index (χ1n) is 3.91. The van der Waals surface area contributed by atoms with E-state index < -0.39 is 11.6 Å². The van der Waals surface area contributed by atoms with Crippen molar-refractivity contribution in [2.24, 2.45) is 5.73 Å². The van der Waals surface area contributed by atoms with Gasteiger partial charge in [0.1, 0.15) is 11.6 Å². The van der Waals surface area contributed by atoms with Crippen molar-refractivity contribution < 1.29 is 8.78 Å². The Morgan fingerprint density at radius 1 is 1.38 bits per heavy atom. The third-order valence-corrected chi connectivity index (χ3v) is 2.53. The first kappa shape index (κ1) is 10.5. The Morgan fingerprint density at radius 3 is 2.62 bits per heavy atom. The highest BCUT2D eigenvalue weighted by Gasteiger charge is 2.11. The van der Waals surface area contributed by atoms with Crippen molar-refractivity contribution in [3.05, 3.63) is 29.3 Å². The minimum atomic E-state index is -0.509. The second-order valence-corrected chi connectivity index (χ2v) is 3.41. The Bertz CT molecular complexity index is 302. The molecule has 0 amide bonds. The van der Waals surface area contributed by atoms with E-state index in [1.807, 2.05) is 0 Å². The smallest absolute Gasteiger partial charge is 0.142 e. The highest BCUT2D eigenvalue weighted by atomic mass is 32.2. The first-order chi connectivity index (χ1) is 6.20. The summed E-state index contributed by atoms with van der Waals surface area (Å²) in [6.45, 7) is 0.371. The molecule has 13 heavy (non-hydrogen) atoms. The number of benzene rings is 1. The van der Waals surface area contributed by atoms with Gasteiger partial charge in [0.25, 0.3) is 0 Å². The summed E-state index contributed by atoms with van der Waals surface area (Å²) in [7, 11) is 0. The van der Waals surface area contributed by atoms with Gasteiger partial charge in [0.05, 0.1) is 4.90 Å². The van der Waals surface area contributed by atoms with Gasteiger partial charge < -0.3 is 5.73 Å². The van der Waals surface area contributed by atoms with Gasteiger partial charge in [-0.1, -0.05) is 6.07 Å². The summed E-state index contributed by atoms with van der Waals surface area (Å²) in [4.78, 5) is 0.0750. The zero-order valence-corrected chi connectivity index (χ0v) is 8.13. The van der Waals surface area contributed by atoms with Crippen molar-refractivity contribution in [3.63, 3.8) is 0 Å². The quantitative estimate of drug-likeness (QED) is 0.762. The van der Waals surface area contributed by atoms with Crippen LogP contribution in [-0.2, 0) is 6.42 Å². The van der Waals surface area contributed by atoms with Crippen LogP contribution in [0.5, 0.6) is 0 Å². The maximum atomic E-state index is 13.4. The van der Waals surface area contributed by atoms with Crippen LogP contribution >= 0.6 is 11.8 Å². The van der Waals surface area contributed by atoms with Gasteiger partial charge in [0.15, 0.2) is 0 Å². The number of hydrogen-bond acceptors (Lipinski definition) is 2. The standard InChI is InChI=1S/C9H11F2NS/c1-13-9-7(10)3-2-6(4-5-12)8(9)11/h2-3H,4-5,12H2,1H3. The van der Waals surface area contributed by atoms with Gasteiger partial charge in [-0.2, -0.15) is 0 Å². The minimum absolute atomic E-state index is 0.0750. The molecule has 0 bridgehead atoms. The molecule has 1 nitrogen and oxygen atoms in total. The maximum Gasteiger partial charge on any atom is 0.142 e. The van der Waals surface area contributed by atoms with E-state index in [-0.39, 0.29) is 4.90 Å². The Morgan fingerprint density at radius 2 is 2.08 bits per heavy atom. The van der Waals surface area contributed by atoms with E-state index >= 15 is 0 Å². The largest absolute Gasteiger partial charge is 0.330 e. The molecule has 0 heterocycles. The molecule has 0 fully saturated rings. The van der Waals surface area contributed by atoms with Crippen molar-refractivity contribution >= 4 is 11.8 Å². The second-order valence-electron chi connectivity index (χ2n) is 2.59. The SMILES string of the molecule is CSc1c(F)ccc(CCN)c1F. The second kappa shape index (κ2) is 4.58. The van der Waals surface area contributed by atoms with Crippen molar-refractivity contribution in [2.75, 3.05) is 12.8 Å². The molecule has 0 atom stereocenters. The van der Waals surface area contributed by atoms with Crippen LogP contribution in [0.15, 0.2) is 17.0 Å². The van der Waals surface area contributed by atoms with Crippen molar-refractivity contribution in [2.45, 2.75) is 11.3 Å². The lowest BCUT2D eigenvalue weighted by Gasteiger charge is -2.06. The van der Waals surface area contributed by atoms with E-state index in [1.54, 1.807) is 6.26 Å². The zero-order chi connectivity index (χ0) is 9.84. The predicted octanol–water partition coefficient (Wildman–Crippen LogP) is 2.19. The summed E-state index contributed by atoms with van der Waals surface area (Å²) < 4.78 is 26.4. The van der Waals surface area contributed by atoms with E-state index in [2.05, 4.69) is 0 Å². The molecular weight excluding hydrogens is 192 g/mol. The third kappa shape index (κ3) is 2.19. The van der Waals surface area contributed by atoms with E-state index in [9.17, 15) is 8.78 Å². The summed E-state index contributed by atoms with van der Waals surface area (Å²) in [5.74, 6) is -0.983. The summed E-state index contributed by atoms with van der Waals surface area (Å²) >= 11 is 1.07. The summed E-state index contributed by atoms with van der Waals surface area (Å²) in [6.07, 6.45) is 2.09. The molecule has 0 spiro atoms. The van der Waals surface area contributed by atoms with Crippen LogP contribution in [-0.4, -0.2) is 12.8 Å². The zero-order valence-electron chi connectivity index (χ0n) is 7.31. The molecule has 0 saturated heterocycles. The number of hydrogen-bond donors (Lipinski definition) is 1. The van der Waals surface area contributed by atoms with Crippen molar-refractivity contribution in [1.29, 1.82) is 0 Å². The van der Waals surface area contributed by atoms with E-state index in [0.717, 1.165) is 11.8 Å². The third-order valence-electron chi connectivity index (χ3n) is 1.75. The molecule has 0 aliphatic rings. The maximum absolute atomic E-state index is 13.4. The normalized spacial score (nSPS) is 10.5. The molecule has 4 heteroatoms. The number of rotatable bonds is 3. The van der Waals surface area contributed by atoms with Crippen molar-refractivity contribution in [1.82, 2.24) is 0 Å². The fourth-order valence-electron chi connectivity index (χ4n) is 1.11. The molecule has 0 aromatic heterocycles. The van der Waals surface area contributed by atoms with Crippen molar-refractivity contribution in [3.8, 4) is 0 Å². The Hall–Kier alpha value is -0.610. The Balaban J connectivity index is 3.11. The van der Waals surface area contributed by atoms with Gasteiger partial charge in [-0.15, -0.1) is 11.8 Å². The van der Waals surface area contributed by atoms with Gasteiger partial charge in [-0.3, -0.25) is 0 Å². The highest BCUT2D eigenvalue weighted by Crippen LogP contribution is 2.25. The summed E-state index contributed by atoms with van der Waals surface area (Å²) in [5, 5.41) is 0. The average molecular weight is 203 g/mol. The molecule has 1 aromatic carbocycles.